The quantitative estimate of drug-likeness (QED) is 0.116. The minimum Gasteiger partial charge on any atom is -0.744 e. The maximum Gasteiger partial charge on any atom is 0.416 e. The zero-order chi connectivity index (χ0) is 42.4. The molecule has 0 atom stereocenters. The Morgan fingerprint density at radius 3 is 2.21 bits per heavy atom. The molecule has 1 aliphatic heterocycles. The molecule has 15 nitrogen and oxygen atoms in total. The standard InChI is InChI=1S/C33H35F3N8O4.C6H6O3S/c1-22-29(28-13-16-38-43(28)26-11-9-24(37-2)10-12-26)42(31(46)41(22)27-8-6-7-23(21-27)33(34,35)36)30(45)39-25-14-17-40(18-15-25)32(47)48-20-19-44(3,4)5;7-10(8,9)6-4-2-1-3-5-6/h6-13,16,21,25H,14-15,17-20H2,1,3-5H3;1-5H,(H,7,8,9). The van der Waals surface area contributed by atoms with Crippen LogP contribution in [0, 0.1) is 13.5 Å². The zero-order valence-electron chi connectivity index (χ0n) is 32.0. The van der Waals surface area contributed by atoms with Crippen LogP contribution in [0.5, 0.6) is 0 Å². The summed E-state index contributed by atoms with van der Waals surface area (Å²) in [5.41, 5.74) is -0.281. The van der Waals surface area contributed by atoms with Gasteiger partial charge in [-0.15, -0.1) is 0 Å². The van der Waals surface area contributed by atoms with Crippen molar-refractivity contribution in [1.82, 2.24) is 29.1 Å². The third-order valence-corrected chi connectivity index (χ3v) is 9.98. The highest BCUT2D eigenvalue weighted by molar-refractivity contribution is 7.85. The molecular weight excluding hydrogens is 782 g/mol. The molecule has 0 saturated carbocycles. The molecule has 58 heavy (non-hydrogen) atoms. The van der Waals surface area contributed by atoms with Gasteiger partial charge < -0.3 is 24.0 Å². The highest BCUT2D eigenvalue weighted by Gasteiger charge is 2.33. The second kappa shape index (κ2) is 17.5. The van der Waals surface area contributed by atoms with Gasteiger partial charge in [0.15, 0.2) is 5.69 Å². The Labute approximate surface area is 332 Å². The van der Waals surface area contributed by atoms with E-state index in [1.807, 2.05) is 21.1 Å². The molecule has 1 N–H and O–H groups in total. The van der Waals surface area contributed by atoms with Gasteiger partial charge in [-0.2, -0.15) is 18.3 Å². The molecule has 1 fully saturated rings. The molecule has 6 rings (SSSR count). The fourth-order valence-electron chi connectivity index (χ4n) is 6.11. The number of hydrogen-bond acceptors (Lipinski definition) is 8. The number of carbonyl (C=O) groups is 2. The van der Waals surface area contributed by atoms with E-state index in [0.717, 1.165) is 21.3 Å². The van der Waals surface area contributed by atoms with Gasteiger partial charge in [-0.3, -0.25) is 4.57 Å². The van der Waals surface area contributed by atoms with Gasteiger partial charge in [-0.25, -0.2) is 36.9 Å². The third-order valence-electron chi connectivity index (χ3n) is 9.13. The molecule has 306 valence electrons. The van der Waals surface area contributed by atoms with Crippen molar-refractivity contribution in [1.29, 1.82) is 0 Å². The fraction of sp³-hybridized carbons (Fsp3) is 0.308. The average molecular weight is 823 g/mol. The smallest absolute Gasteiger partial charge is 0.416 e. The molecule has 5 aromatic rings. The van der Waals surface area contributed by atoms with Crippen LogP contribution >= 0.6 is 0 Å². The molecule has 3 aromatic carbocycles. The van der Waals surface area contributed by atoms with E-state index in [4.69, 9.17) is 11.3 Å². The van der Waals surface area contributed by atoms with Crippen LogP contribution in [-0.2, 0) is 21.0 Å². The van der Waals surface area contributed by atoms with Crippen LogP contribution in [0.3, 0.4) is 0 Å². The summed E-state index contributed by atoms with van der Waals surface area (Å²) in [6.07, 6.45) is -2.81. The SMILES string of the molecule is O=S(=O)([O-])c1ccccc1.[C-]#[N+]c1ccc(-n2nccc2-c2c(C)n(-c3cccc(C(F)(F)F)c3)c(=O)n2C(=O)NC2CCN(C(=O)OCC[N+](C)(C)C)CC2)cc1. The lowest BCUT2D eigenvalue weighted by Crippen LogP contribution is -2.49. The van der Waals surface area contributed by atoms with Gasteiger partial charge in [0.05, 0.1) is 67.1 Å². The highest BCUT2D eigenvalue weighted by atomic mass is 32.2. The summed E-state index contributed by atoms with van der Waals surface area (Å²) in [6.45, 7) is 10.4. The molecular formula is C39H41F3N8O7S. The average Bonchev–Trinajstić information content (AvgIpc) is 3.76. The summed E-state index contributed by atoms with van der Waals surface area (Å²) in [4.78, 5) is 45.3. The highest BCUT2D eigenvalue weighted by Crippen LogP contribution is 2.32. The number of ether oxygens (including phenoxy) is 1. The Morgan fingerprint density at radius 1 is 0.983 bits per heavy atom. The number of halogens is 3. The van der Waals surface area contributed by atoms with Gasteiger partial charge in [-0.05, 0) is 68.3 Å². The van der Waals surface area contributed by atoms with Gasteiger partial charge in [-0.1, -0.05) is 36.4 Å². The number of quaternary nitrogens is 1. The number of benzene rings is 3. The van der Waals surface area contributed by atoms with E-state index in [2.05, 4.69) is 15.3 Å². The number of piperidine rings is 1. The first kappa shape index (κ1) is 42.9. The van der Waals surface area contributed by atoms with Crippen molar-refractivity contribution < 1.29 is 45.0 Å². The van der Waals surface area contributed by atoms with Crippen molar-refractivity contribution in [3.63, 3.8) is 0 Å². The van der Waals surface area contributed by atoms with Crippen molar-refractivity contribution in [2.75, 3.05) is 47.4 Å². The van der Waals surface area contributed by atoms with E-state index >= 15 is 0 Å². The first-order chi connectivity index (χ1) is 27.3. The summed E-state index contributed by atoms with van der Waals surface area (Å²) >= 11 is 0. The number of hydrogen-bond donors (Lipinski definition) is 1. The minimum absolute atomic E-state index is 0.0651. The van der Waals surface area contributed by atoms with Gasteiger partial charge >= 0.3 is 24.0 Å². The van der Waals surface area contributed by atoms with E-state index in [1.165, 1.54) is 47.3 Å². The lowest BCUT2D eigenvalue weighted by molar-refractivity contribution is -0.870. The van der Waals surface area contributed by atoms with Crippen molar-refractivity contribution in [2.24, 2.45) is 0 Å². The maximum atomic E-state index is 14.0. The molecule has 0 spiro atoms. The number of likely N-dealkylation sites (tertiary alicyclic amines) is 1. The number of amides is 2. The van der Waals surface area contributed by atoms with Gasteiger partial charge in [0, 0.05) is 19.1 Å². The van der Waals surface area contributed by atoms with Gasteiger partial charge in [0.1, 0.15) is 29.0 Å². The lowest BCUT2D eigenvalue weighted by Gasteiger charge is -2.32. The van der Waals surface area contributed by atoms with E-state index in [0.29, 0.717) is 54.0 Å². The van der Waals surface area contributed by atoms with Crippen LogP contribution in [-0.4, -0.2) is 107 Å². The molecule has 0 radical (unpaired) electrons. The van der Waals surface area contributed by atoms with Crippen LogP contribution in [0.1, 0.15) is 24.1 Å². The normalized spacial score (nSPS) is 13.6. The van der Waals surface area contributed by atoms with Crippen LogP contribution < -0.4 is 11.0 Å². The van der Waals surface area contributed by atoms with Crippen LogP contribution in [0.15, 0.2) is 101 Å². The fourth-order valence-corrected chi connectivity index (χ4v) is 6.60. The van der Waals surface area contributed by atoms with Crippen LogP contribution in [0.4, 0.5) is 28.4 Å². The first-order valence-electron chi connectivity index (χ1n) is 17.9. The first-order valence-corrected chi connectivity index (χ1v) is 19.3. The molecule has 19 heteroatoms. The topological polar surface area (TPSA) is 165 Å². The monoisotopic (exact) mass is 822 g/mol. The second-order valence-corrected chi connectivity index (χ2v) is 15.7. The summed E-state index contributed by atoms with van der Waals surface area (Å²) in [5.74, 6) is 0. The largest absolute Gasteiger partial charge is 0.744 e. The zero-order valence-corrected chi connectivity index (χ0v) is 32.8. The second-order valence-electron chi connectivity index (χ2n) is 14.3. The summed E-state index contributed by atoms with van der Waals surface area (Å²) in [5, 5.41) is 7.27. The van der Waals surface area contributed by atoms with Crippen molar-refractivity contribution >= 4 is 27.9 Å². The molecule has 3 heterocycles. The Hall–Kier alpha value is -6.23. The van der Waals surface area contributed by atoms with E-state index < -0.39 is 45.7 Å². The summed E-state index contributed by atoms with van der Waals surface area (Å²) in [7, 11) is 1.73. The van der Waals surface area contributed by atoms with Gasteiger partial charge in [0.25, 0.3) is 0 Å². The molecule has 1 aliphatic rings. The molecule has 1 saturated heterocycles. The molecule has 2 aromatic heterocycles. The molecule has 2 amide bonds. The Balaban J connectivity index is 0.000000559. The number of imidazole rings is 1. The van der Waals surface area contributed by atoms with E-state index in [-0.39, 0.29) is 28.6 Å². The molecule has 0 unspecified atom stereocenters. The Kier molecular flexibility index (Phi) is 12.9. The van der Waals surface area contributed by atoms with E-state index in [9.17, 15) is 40.5 Å². The molecule has 0 aliphatic carbocycles. The number of aromatic nitrogens is 4. The number of nitrogens with one attached hydrogen (secondary N) is 1. The number of carbonyl (C=O) groups excluding carboxylic acids is 2. The molecule has 0 bridgehead atoms. The number of alkyl halides is 3. The lowest BCUT2D eigenvalue weighted by atomic mass is 10.1. The Bertz CT molecular complexity index is 2460. The van der Waals surface area contributed by atoms with Gasteiger partial charge in [0.2, 0.25) is 0 Å². The Morgan fingerprint density at radius 2 is 1.64 bits per heavy atom. The summed E-state index contributed by atoms with van der Waals surface area (Å²) < 4.78 is 81.3. The third kappa shape index (κ3) is 10.4. The number of rotatable bonds is 8. The predicted octanol–water partition coefficient (Wildman–Crippen LogP) is 5.83. The van der Waals surface area contributed by atoms with Crippen molar-refractivity contribution in [3.05, 3.63) is 124 Å². The van der Waals surface area contributed by atoms with Crippen molar-refractivity contribution in [3.8, 4) is 22.8 Å². The van der Waals surface area contributed by atoms with Crippen LogP contribution in [0.25, 0.3) is 27.6 Å². The van der Waals surface area contributed by atoms with E-state index in [1.54, 1.807) is 48.2 Å². The van der Waals surface area contributed by atoms with Crippen molar-refractivity contribution in [2.45, 2.75) is 36.9 Å². The minimum atomic E-state index is -4.65. The van der Waals surface area contributed by atoms with Crippen LogP contribution in [0.2, 0.25) is 0 Å². The predicted molar refractivity (Wildman–Crippen MR) is 206 cm³/mol. The number of likely N-dealkylation sites (N-methyl/N-ethyl adjacent to an activating group) is 1. The number of nitrogens with zero attached hydrogens (tertiary/aromatic N) is 7. The maximum absolute atomic E-state index is 14.0. The summed E-state index contributed by atoms with van der Waals surface area (Å²) in [6, 6.07) is 18.5.